The SMILES string of the molecule is CCOCCn1c(=NC(=O)C2COc3ccccc3O2)sc2cc(S(C)(=O)=O)ccc21. The number of hydrogen-bond acceptors (Lipinski definition) is 7. The molecular weight excluding hydrogens is 440 g/mol. The molecule has 10 heteroatoms. The van der Waals surface area contributed by atoms with Gasteiger partial charge in [0.15, 0.2) is 26.1 Å². The molecule has 2 aromatic carbocycles. The molecule has 0 N–H and O–H groups in total. The van der Waals surface area contributed by atoms with Gasteiger partial charge in [0.1, 0.15) is 6.61 Å². The fraction of sp³-hybridized carbons (Fsp3) is 0.333. The van der Waals surface area contributed by atoms with Gasteiger partial charge in [0.2, 0.25) is 6.10 Å². The molecule has 1 aliphatic rings. The summed E-state index contributed by atoms with van der Waals surface area (Å²) in [6.07, 6.45) is 0.310. The molecule has 0 radical (unpaired) electrons. The first-order valence-electron chi connectivity index (χ1n) is 9.75. The quantitative estimate of drug-likeness (QED) is 0.522. The smallest absolute Gasteiger partial charge is 0.292 e. The van der Waals surface area contributed by atoms with E-state index in [4.69, 9.17) is 14.2 Å². The van der Waals surface area contributed by atoms with Crippen LogP contribution in [-0.4, -0.2) is 51.1 Å². The number of thiazole rings is 1. The standard InChI is InChI=1S/C21H22N2O6S2/c1-3-27-11-10-23-15-9-8-14(31(2,25)26)12-19(15)30-21(23)22-20(24)18-13-28-16-6-4-5-7-17(16)29-18/h4-9,12,18H,3,10-11,13H2,1-2H3. The summed E-state index contributed by atoms with van der Waals surface area (Å²) in [5.41, 5.74) is 0.787. The van der Waals surface area contributed by atoms with Crippen LogP contribution in [0, 0.1) is 0 Å². The molecule has 1 unspecified atom stereocenters. The highest BCUT2D eigenvalue weighted by molar-refractivity contribution is 7.90. The first kappa shape index (κ1) is 21.5. The molecule has 4 rings (SSSR count). The second kappa shape index (κ2) is 8.81. The first-order valence-corrected chi connectivity index (χ1v) is 12.5. The molecule has 8 nitrogen and oxygen atoms in total. The number of nitrogens with zero attached hydrogens (tertiary/aromatic N) is 2. The third-order valence-electron chi connectivity index (χ3n) is 4.74. The number of rotatable bonds is 6. The van der Waals surface area contributed by atoms with Crippen LogP contribution in [0.4, 0.5) is 0 Å². The summed E-state index contributed by atoms with van der Waals surface area (Å²) in [6, 6.07) is 12.0. The zero-order chi connectivity index (χ0) is 22.0. The molecular formula is C21H22N2O6S2. The molecule has 31 heavy (non-hydrogen) atoms. The number of fused-ring (bicyclic) bond motifs is 2. The lowest BCUT2D eigenvalue weighted by atomic mass is 10.2. The highest BCUT2D eigenvalue weighted by Gasteiger charge is 2.27. The molecule has 0 bridgehead atoms. The first-order chi connectivity index (χ1) is 14.9. The van der Waals surface area contributed by atoms with Crippen molar-refractivity contribution in [3.05, 3.63) is 47.3 Å². The lowest BCUT2D eigenvalue weighted by Crippen LogP contribution is -2.37. The molecule has 1 atom stereocenters. The number of carbonyl (C=O) groups is 1. The molecule has 0 spiro atoms. The van der Waals surface area contributed by atoms with Gasteiger partial charge in [-0.05, 0) is 37.3 Å². The van der Waals surface area contributed by atoms with E-state index in [1.54, 1.807) is 36.4 Å². The summed E-state index contributed by atoms with van der Waals surface area (Å²) < 4.78 is 43.3. The van der Waals surface area contributed by atoms with Gasteiger partial charge in [-0.25, -0.2) is 8.42 Å². The van der Waals surface area contributed by atoms with Gasteiger partial charge in [-0.3, -0.25) is 4.79 Å². The Hall–Kier alpha value is -2.69. The average molecular weight is 463 g/mol. The number of benzene rings is 2. The van der Waals surface area contributed by atoms with Crippen molar-refractivity contribution in [2.45, 2.75) is 24.5 Å². The number of para-hydroxylation sites is 2. The Morgan fingerprint density at radius 2 is 2.03 bits per heavy atom. The molecule has 164 valence electrons. The van der Waals surface area contributed by atoms with E-state index in [9.17, 15) is 13.2 Å². The molecule has 3 aromatic rings. The van der Waals surface area contributed by atoms with E-state index in [1.165, 1.54) is 11.3 Å². The van der Waals surface area contributed by atoms with E-state index in [0.717, 1.165) is 16.5 Å². The van der Waals surface area contributed by atoms with Crippen molar-refractivity contribution >= 4 is 37.3 Å². The van der Waals surface area contributed by atoms with Crippen LogP contribution in [0.15, 0.2) is 52.4 Å². The van der Waals surface area contributed by atoms with Crippen molar-refractivity contribution in [3.8, 4) is 11.5 Å². The fourth-order valence-electron chi connectivity index (χ4n) is 3.19. The maximum absolute atomic E-state index is 12.9. The highest BCUT2D eigenvalue weighted by Crippen LogP contribution is 2.31. The normalized spacial score (nSPS) is 16.6. The maximum atomic E-state index is 12.9. The summed E-state index contributed by atoms with van der Waals surface area (Å²) in [5.74, 6) is 0.628. The minimum atomic E-state index is -3.35. The summed E-state index contributed by atoms with van der Waals surface area (Å²) in [4.78, 5) is 17.8. The van der Waals surface area contributed by atoms with Gasteiger partial charge >= 0.3 is 0 Å². The molecule has 0 saturated heterocycles. The third-order valence-corrected chi connectivity index (χ3v) is 6.89. The Morgan fingerprint density at radius 1 is 1.26 bits per heavy atom. The lowest BCUT2D eigenvalue weighted by Gasteiger charge is -2.23. The van der Waals surface area contributed by atoms with Crippen molar-refractivity contribution in [3.63, 3.8) is 0 Å². The number of carbonyl (C=O) groups excluding carboxylic acids is 1. The van der Waals surface area contributed by atoms with Crippen LogP contribution in [0.5, 0.6) is 11.5 Å². The minimum Gasteiger partial charge on any atom is -0.485 e. The lowest BCUT2D eigenvalue weighted by molar-refractivity contribution is -0.127. The molecule has 1 amide bonds. The number of sulfone groups is 1. The third kappa shape index (κ3) is 4.65. The zero-order valence-corrected chi connectivity index (χ0v) is 18.7. The van der Waals surface area contributed by atoms with Crippen molar-refractivity contribution in [1.29, 1.82) is 0 Å². The second-order valence-electron chi connectivity index (χ2n) is 6.95. The average Bonchev–Trinajstić information content (AvgIpc) is 3.09. The highest BCUT2D eigenvalue weighted by atomic mass is 32.2. The number of ether oxygens (including phenoxy) is 3. The molecule has 0 fully saturated rings. The number of aromatic nitrogens is 1. The Bertz CT molecular complexity index is 1290. The summed E-state index contributed by atoms with van der Waals surface area (Å²) in [5, 5.41) is 0. The maximum Gasteiger partial charge on any atom is 0.292 e. The van der Waals surface area contributed by atoms with Gasteiger partial charge in [-0.1, -0.05) is 23.5 Å². The molecule has 0 aliphatic carbocycles. The van der Waals surface area contributed by atoms with Crippen LogP contribution >= 0.6 is 11.3 Å². The fourth-order valence-corrected chi connectivity index (χ4v) is 5.02. The van der Waals surface area contributed by atoms with Crippen molar-refractivity contribution < 1.29 is 27.4 Å². The number of hydrogen-bond donors (Lipinski definition) is 0. The van der Waals surface area contributed by atoms with E-state index in [1.807, 2.05) is 17.6 Å². The predicted octanol–water partition coefficient (Wildman–Crippen LogP) is 2.41. The predicted molar refractivity (Wildman–Crippen MR) is 116 cm³/mol. The molecule has 1 aromatic heterocycles. The van der Waals surface area contributed by atoms with Gasteiger partial charge in [0.25, 0.3) is 5.91 Å². The van der Waals surface area contributed by atoms with E-state index in [-0.39, 0.29) is 11.5 Å². The monoisotopic (exact) mass is 462 g/mol. The van der Waals surface area contributed by atoms with Crippen LogP contribution in [0.2, 0.25) is 0 Å². The summed E-state index contributed by atoms with van der Waals surface area (Å²) in [7, 11) is -3.35. The van der Waals surface area contributed by atoms with Gasteiger partial charge in [0, 0.05) is 19.4 Å². The van der Waals surface area contributed by atoms with Crippen molar-refractivity contribution in [1.82, 2.24) is 4.57 Å². The topological polar surface area (TPSA) is 96.2 Å². The second-order valence-corrected chi connectivity index (χ2v) is 9.97. The van der Waals surface area contributed by atoms with E-state index in [0.29, 0.717) is 36.1 Å². The van der Waals surface area contributed by atoms with Crippen molar-refractivity contribution in [2.24, 2.45) is 4.99 Å². The van der Waals surface area contributed by atoms with E-state index >= 15 is 0 Å². The summed E-state index contributed by atoms with van der Waals surface area (Å²) in [6.45, 7) is 3.46. The molecule has 2 heterocycles. The largest absolute Gasteiger partial charge is 0.485 e. The van der Waals surface area contributed by atoms with Crippen LogP contribution < -0.4 is 14.3 Å². The Labute approximate surface area is 183 Å². The molecule has 0 saturated carbocycles. The Balaban J connectivity index is 1.71. The van der Waals surface area contributed by atoms with Crippen LogP contribution in [-0.2, 0) is 25.9 Å². The van der Waals surface area contributed by atoms with Crippen LogP contribution in [0.3, 0.4) is 0 Å². The van der Waals surface area contributed by atoms with Crippen LogP contribution in [0.25, 0.3) is 10.2 Å². The van der Waals surface area contributed by atoms with Crippen molar-refractivity contribution in [2.75, 3.05) is 26.1 Å². The minimum absolute atomic E-state index is 0.0708. The van der Waals surface area contributed by atoms with Gasteiger partial charge in [-0.15, -0.1) is 0 Å². The van der Waals surface area contributed by atoms with E-state index in [2.05, 4.69) is 4.99 Å². The van der Waals surface area contributed by atoms with Gasteiger partial charge in [0.05, 0.1) is 21.7 Å². The zero-order valence-electron chi connectivity index (χ0n) is 17.1. The van der Waals surface area contributed by atoms with Gasteiger partial charge < -0.3 is 18.8 Å². The number of amides is 1. The Morgan fingerprint density at radius 3 is 2.77 bits per heavy atom. The molecule has 1 aliphatic heterocycles. The van der Waals surface area contributed by atoms with Crippen LogP contribution in [0.1, 0.15) is 6.92 Å². The van der Waals surface area contributed by atoms with E-state index < -0.39 is 21.8 Å². The summed E-state index contributed by atoms with van der Waals surface area (Å²) >= 11 is 1.25. The Kier molecular flexibility index (Phi) is 6.12. The van der Waals surface area contributed by atoms with Gasteiger partial charge in [-0.2, -0.15) is 4.99 Å².